The largest absolute Gasteiger partial charge is 0.467 e. The van der Waals surface area contributed by atoms with E-state index in [2.05, 4.69) is 10.0 Å². The maximum Gasteiger partial charge on any atom is 0.235 e. The van der Waals surface area contributed by atoms with Gasteiger partial charge in [0, 0.05) is 0 Å². The molecule has 0 radical (unpaired) electrons. The van der Waals surface area contributed by atoms with Gasteiger partial charge in [-0.25, -0.2) is 13.1 Å². The van der Waals surface area contributed by atoms with Gasteiger partial charge in [-0.3, -0.25) is 4.79 Å². The van der Waals surface area contributed by atoms with E-state index in [0.717, 1.165) is 0 Å². The first-order chi connectivity index (χ1) is 10.1. The molecule has 6 nitrogen and oxygen atoms in total. The lowest BCUT2D eigenvalue weighted by Crippen LogP contribution is -2.37. The second-order valence-electron chi connectivity index (χ2n) is 4.42. The van der Waals surface area contributed by atoms with Gasteiger partial charge in [0.2, 0.25) is 15.9 Å². The lowest BCUT2D eigenvalue weighted by atomic mass is 10.2. The average molecular weight is 308 g/mol. The monoisotopic (exact) mass is 308 g/mol. The summed E-state index contributed by atoms with van der Waals surface area (Å²) in [6.07, 6.45) is 1.50. The second-order valence-corrected chi connectivity index (χ2v) is 6.23. The van der Waals surface area contributed by atoms with Crippen molar-refractivity contribution < 1.29 is 17.6 Å². The van der Waals surface area contributed by atoms with Gasteiger partial charge in [-0.1, -0.05) is 30.3 Å². The van der Waals surface area contributed by atoms with E-state index in [9.17, 15) is 13.2 Å². The van der Waals surface area contributed by atoms with Crippen LogP contribution in [0.3, 0.4) is 0 Å². The van der Waals surface area contributed by atoms with Crippen molar-refractivity contribution in [2.75, 3.05) is 6.54 Å². The zero-order valence-electron chi connectivity index (χ0n) is 11.3. The molecular formula is C14H16N2O4S. The molecule has 2 N–H and O–H groups in total. The van der Waals surface area contributed by atoms with Crippen LogP contribution in [0.1, 0.15) is 11.3 Å². The van der Waals surface area contributed by atoms with E-state index in [1.54, 1.807) is 36.4 Å². The SMILES string of the molecule is O=C(CNS(=O)(=O)Cc1ccccc1)NCc1ccco1. The maximum atomic E-state index is 11.8. The van der Waals surface area contributed by atoms with Crippen molar-refractivity contribution in [3.63, 3.8) is 0 Å². The van der Waals surface area contributed by atoms with Crippen molar-refractivity contribution in [3.05, 3.63) is 60.1 Å². The van der Waals surface area contributed by atoms with Crippen molar-refractivity contribution in [3.8, 4) is 0 Å². The Balaban J connectivity index is 1.77. The highest BCUT2D eigenvalue weighted by molar-refractivity contribution is 7.88. The predicted molar refractivity (Wildman–Crippen MR) is 77.6 cm³/mol. The quantitative estimate of drug-likeness (QED) is 0.799. The molecule has 2 aromatic rings. The Hall–Kier alpha value is -2.12. The van der Waals surface area contributed by atoms with Gasteiger partial charge in [-0.05, 0) is 17.7 Å². The zero-order chi connectivity index (χ0) is 15.1. The smallest absolute Gasteiger partial charge is 0.235 e. The predicted octanol–water partition coefficient (Wildman–Crippen LogP) is 1.02. The third-order valence-corrected chi connectivity index (χ3v) is 3.99. The van der Waals surface area contributed by atoms with Crippen molar-refractivity contribution in [1.82, 2.24) is 10.0 Å². The van der Waals surface area contributed by atoms with E-state index in [4.69, 9.17) is 4.42 Å². The molecule has 0 atom stereocenters. The molecule has 0 aliphatic carbocycles. The summed E-state index contributed by atoms with van der Waals surface area (Å²) in [7, 11) is -3.54. The molecule has 1 aromatic carbocycles. The molecule has 2 rings (SSSR count). The summed E-state index contributed by atoms with van der Waals surface area (Å²) in [4.78, 5) is 11.6. The third kappa shape index (κ3) is 5.41. The normalized spacial score (nSPS) is 11.2. The van der Waals surface area contributed by atoms with Crippen LogP contribution < -0.4 is 10.0 Å². The average Bonchev–Trinajstić information content (AvgIpc) is 2.97. The van der Waals surface area contributed by atoms with E-state index in [0.29, 0.717) is 11.3 Å². The van der Waals surface area contributed by atoms with E-state index in [1.807, 2.05) is 6.07 Å². The molecule has 0 bridgehead atoms. The molecule has 0 saturated carbocycles. The van der Waals surface area contributed by atoms with E-state index >= 15 is 0 Å². The van der Waals surface area contributed by atoms with Gasteiger partial charge in [0.1, 0.15) is 5.76 Å². The van der Waals surface area contributed by atoms with Gasteiger partial charge in [0.25, 0.3) is 0 Å². The van der Waals surface area contributed by atoms with Crippen LogP contribution in [0.5, 0.6) is 0 Å². The Morgan fingerprint density at radius 3 is 2.52 bits per heavy atom. The first-order valence-electron chi connectivity index (χ1n) is 6.35. The summed E-state index contributed by atoms with van der Waals surface area (Å²) >= 11 is 0. The highest BCUT2D eigenvalue weighted by Crippen LogP contribution is 2.03. The van der Waals surface area contributed by atoms with Gasteiger partial charge >= 0.3 is 0 Å². The number of carbonyl (C=O) groups excluding carboxylic acids is 1. The highest BCUT2D eigenvalue weighted by Gasteiger charge is 2.13. The minimum absolute atomic E-state index is 0.153. The first kappa shape index (κ1) is 15.3. The minimum Gasteiger partial charge on any atom is -0.467 e. The Bertz CT molecular complexity index is 666. The summed E-state index contributed by atoms with van der Waals surface area (Å²) in [6.45, 7) is -0.0673. The van der Waals surface area contributed by atoms with Gasteiger partial charge in [0.15, 0.2) is 0 Å². The summed E-state index contributed by atoms with van der Waals surface area (Å²) in [5.41, 5.74) is 0.668. The fourth-order valence-electron chi connectivity index (χ4n) is 1.68. The first-order valence-corrected chi connectivity index (χ1v) is 8.01. The van der Waals surface area contributed by atoms with Crippen LogP contribution in [0.2, 0.25) is 0 Å². The van der Waals surface area contributed by atoms with Crippen LogP contribution in [0.4, 0.5) is 0 Å². The minimum atomic E-state index is -3.54. The van der Waals surface area contributed by atoms with Gasteiger partial charge < -0.3 is 9.73 Å². The fraction of sp³-hybridized carbons (Fsp3) is 0.214. The molecule has 0 spiro atoms. The molecule has 7 heteroatoms. The molecule has 0 aliphatic rings. The number of nitrogens with one attached hydrogen (secondary N) is 2. The number of hydrogen-bond donors (Lipinski definition) is 2. The van der Waals surface area contributed by atoms with Crippen molar-refractivity contribution in [2.24, 2.45) is 0 Å². The Morgan fingerprint density at radius 1 is 1.10 bits per heavy atom. The Labute approximate surface area is 123 Å². The number of amides is 1. The third-order valence-electron chi connectivity index (χ3n) is 2.69. The van der Waals surface area contributed by atoms with E-state index in [1.165, 1.54) is 6.26 Å². The van der Waals surface area contributed by atoms with Gasteiger partial charge in [-0.2, -0.15) is 0 Å². The number of furan rings is 1. The van der Waals surface area contributed by atoms with Gasteiger partial charge in [-0.15, -0.1) is 0 Å². The number of sulfonamides is 1. The summed E-state index contributed by atoms with van der Waals surface area (Å²) in [5.74, 6) is 0.0396. The summed E-state index contributed by atoms with van der Waals surface area (Å²) in [6, 6.07) is 12.2. The molecule has 1 aromatic heterocycles. The molecule has 0 saturated heterocycles. The Morgan fingerprint density at radius 2 is 1.86 bits per heavy atom. The van der Waals surface area contributed by atoms with Gasteiger partial charge in [0.05, 0.1) is 25.1 Å². The van der Waals surface area contributed by atoms with Crippen LogP contribution in [0.15, 0.2) is 53.1 Å². The molecule has 0 unspecified atom stereocenters. The second kappa shape index (κ2) is 7.05. The van der Waals surface area contributed by atoms with E-state index in [-0.39, 0.29) is 18.8 Å². The number of benzene rings is 1. The lowest BCUT2D eigenvalue weighted by molar-refractivity contribution is -0.120. The molecule has 0 aliphatic heterocycles. The van der Waals surface area contributed by atoms with Crippen molar-refractivity contribution in [2.45, 2.75) is 12.3 Å². The molecular weight excluding hydrogens is 292 g/mol. The van der Waals surface area contributed by atoms with Crippen LogP contribution in [0.25, 0.3) is 0 Å². The van der Waals surface area contributed by atoms with Crippen LogP contribution in [-0.4, -0.2) is 20.9 Å². The zero-order valence-corrected chi connectivity index (χ0v) is 12.1. The molecule has 112 valence electrons. The number of hydrogen-bond acceptors (Lipinski definition) is 4. The maximum absolute atomic E-state index is 11.8. The standard InChI is InChI=1S/C14H16N2O4S/c17-14(15-9-13-7-4-8-20-13)10-16-21(18,19)11-12-5-2-1-3-6-12/h1-8,16H,9-11H2,(H,15,17). The summed E-state index contributed by atoms with van der Waals surface area (Å²) < 4.78 is 31.0. The number of rotatable bonds is 7. The topological polar surface area (TPSA) is 88.4 Å². The van der Waals surface area contributed by atoms with Crippen LogP contribution in [0, 0.1) is 0 Å². The molecule has 1 heterocycles. The van der Waals surface area contributed by atoms with Crippen LogP contribution in [-0.2, 0) is 27.1 Å². The summed E-state index contributed by atoms with van der Waals surface area (Å²) in [5, 5.41) is 2.56. The molecule has 0 fully saturated rings. The lowest BCUT2D eigenvalue weighted by Gasteiger charge is -2.07. The van der Waals surface area contributed by atoms with Crippen molar-refractivity contribution in [1.29, 1.82) is 0 Å². The number of carbonyl (C=O) groups is 1. The van der Waals surface area contributed by atoms with E-state index < -0.39 is 15.9 Å². The highest BCUT2D eigenvalue weighted by atomic mass is 32.2. The van der Waals surface area contributed by atoms with Crippen LogP contribution >= 0.6 is 0 Å². The molecule has 1 amide bonds. The van der Waals surface area contributed by atoms with Crippen molar-refractivity contribution >= 4 is 15.9 Å². The molecule has 21 heavy (non-hydrogen) atoms. The fourth-order valence-corrected chi connectivity index (χ4v) is 2.77. The Kier molecular flexibility index (Phi) is 5.13.